The van der Waals surface area contributed by atoms with E-state index in [1.807, 2.05) is 6.07 Å². The molecule has 5 heteroatoms. The second-order valence-corrected chi connectivity index (χ2v) is 4.98. The smallest absolute Gasteiger partial charge is 0.338 e. The van der Waals surface area contributed by atoms with Gasteiger partial charge in [0, 0.05) is 10.2 Å². The quantitative estimate of drug-likeness (QED) is 0.692. The lowest BCUT2D eigenvalue weighted by atomic mass is 10.1. The molecule has 0 heterocycles. The largest absolute Gasteiger partial charge is 0.457 e. The van der Waals surface area contributed by atoms with Crippen molar-refractivity contribution in [3.63, 3.8) is 0 Å². The lowest BCUT2D eigenvalue weighted by Gasteiger charge is -2.06. The highest BCUT2D eigenvalue weighted by Gasteiger charge is 2.09. The van der Waals surface area contributed by atoms with Crippen LogP contribution in [0.25, 0.3) is 0 Å². The maximum atomic E-state index is 11.9. The second kappa shape index (κ2) is 6.22. The number of hydrogen-bond donors (Lipinski definition) is 1. The molecule has 0 spiro atoms. The lowest BCUT2D eigenvalue weighted by Crippen LogP contribution is -2.06. The van der Waals surface area contributed by atoms with Crippen molar-refractivity contribution in [3.8, 4) is 6.07 Å². The van der Waals surface area contributed by atoms with Crippen molar-refractivity contribution in [1.82, 2.24) is 0 Å². The number of rotatable bonds is 3. The maximum absolute atomic E-state index is 11.9. The summed E-state index contributed by atoms with van der Waals surface area (Å²) in [6.07, 6.45) is 0. The SMILES string of the molecule is N#Cc1cccc(COC(=O)c2ccc(Br)c(N)c2)c1. The van der Waals surface area contributed by atoms with Crippen LogP contribution in [0.3, 0.4) is 0 Å². The van der Waals surface area contributed by atoms with Crippen molar-refractivity contribution < 1.29 is 9.53 Å². The van der Waals surface area contributed by atoms with Gasteiger partial charge in [-0.2, -0.15) is 5.26 Å². The molecule has 2 N–H and O–H groups in total. The van der Waals surface area contributed by atoms with Crippen LogP contribution in [0, 0.1) is 11.3 Å². The summed E-state index contributed by atoms with van der Waals surface area (Å²) in [5.41, 5.74) is 7.88. The molecule has 0 aliphatic rings. The molecule has 0 atom stereocenters. The summed E-state index contributed by atoms with van der Waals surface area (Å²) in [6, 6.07) is 13.8. The van der Waals surface area contributed by atoms with Crippen LogP contribution >= 0.6 is 15.9 Å². The van der Waals surface area contributed by atoms with E-state index in [4.69, 9.17) is 15.7 Å². The van der Waals surface area contributed by atoms with Crippen LogP contribution in [0.2, 0.25) is 0 Å². The average Bonchev–Trinajstić information content (AvgIpc) is 2.47. The molecule has 0 amide bonds. The first-order valence-electron chi connectivity index (χ1n) is 5.81. The second-order valence-electron chi connectivity index (χ2n) is 4.12. The van der Waals surface area contributed by atoms with Crippen LogP contribution in [-0.2, 0) is 11.3 Å². The van der Waals surface area contributed by atoms with E-state index in [-0.39, 0.29) is 6.61 Å². The summed E-state index contributed by atoms with van der Waals surface area (Å²) >= 11 is 3.26. The van der Waals surface area contributed by atoms with E-state index in [9.17, 15) is 4.79 Å². The minimum absolute atomic E-state index is 0.115. The minimum Gasteiger partial charge on any atom is -0.457 e. The highest BCUT2D eigenvalue weighted by atomic mass is 79.9. The zero-order valence-electron chi connectivity index (χ0n) is 10.5. The number of nitrogen functional groups attached to an aromatic ring is 1. The van der Waals surface area contributed by atoms with Gasteiger partial charge in [0.1, 0.15) is 6.61 Å². The Balaban J connectivity index is 2.05. The predicted molar refractivity (Wildman–Crippen MR) is 78.8 cm³/mol. The summed E-state index contributed by atoms with van der Waals surface area (Å²) in [7, 11) is 0. The van der Waals surface area contributed by atoms with Crippen LogP contribution in [0.4, 0.5) is 5.69 Å². The number of ether oxygens (including phenoxy) is 1. The van der Waals surface area contributed by atoms with Gasteiger partial charge in [0.05, 0.1) is 17.2 Å². The van der Waals surface area contributed by atoms with E-state index < -0.39 is 5.97 Å². The molecule has 0 saturated heterocycles. The van der Waals surface area contributed by atoms with Gasteiger partial charge in [0.2, 0.25) is 0 Å². The molecule has 0 aromatic heterocycles. The number of carbonyl (C=O) groups excluding carboxylic acids is 1. The summed E-state index contributed by atoms with van der Waals surface area (Å²) in [5, 5.41) is 8.80. The molecule has 2 aromatic carbocycles. The van der Waals surface area contributed by atoms with Crippen molar-refractivity contribution >= 4 is 27.6 Å². The highest BCUT2D eigenvalue weighted by molar-refractivity contribution is 9.10. The number of benzene rings is 2. The van der Waals surface area contributed by atoms with E-state index in [1.165, 1.54) is 0 Å². The average molecular weight is 331 g/mol. The molecule has 0 radical (unpaired) electrons. The molecule has 0 unspecified atom stereocenters. The molecular formula is C15H11BrN2O2. The number of nitrogens with two attached hydrogens (primary N) is 1. The Bertz CT molecular complexity index is 693. The summed E-state index contributed by atoms with van der Waals surface area (Å²) in [5.74, 6) is -0.452. The van der Waals surface area contributed by atoms with Crippen molar-refractivity contribution in [2.75, 3.05) is 5.73 Å². The van der Waals surface area contributed by atoms with Crippen LogP contribution in [-0.4, -0.2) is 5.97 Å². The molecule has 0 saturated carbocycles. The number of anilines is 1. The number of esters is 1. The number of nitrogens with zero attached hydrogens (tertiary/aromatic N) is 1. The van der Waals surface area contributed by atoms with Gasteiger partial charge in [0.25, 0.3) is 0 Å². The molecule has 0 aliphatic carbocycles. The fraction of sp³-hybridized carbons (Fsp3) is 0.0667. The molecule has 100 valence electrons. The van der Waals surface area contributed by atoms with Gasteiger partial charge in [-0.1, -0.05) is 12.1 Å². The van der Waals surface area contributed by atoms with Crippen LogP contribution in [0.5, 0.6) is 0 Å². The number of hydrogen-bond acceptors (Lipinski definition) is 4. The standard InChI is InChI=1S/C15H11BrN2O2/c16-13-5-4-12(7-14(13)18)15(19)20-9-11-3-1-2-10(6-11)8-17/h1-7H,9,18H2. The monoisotopic (exact) mass is 330 g/mol. The van der Waals surface area contributed by atoms with E-state index in [2.05, 4.69) is 15.9 Å². The number of nitriles is 1. The maximum Gasteiger partial charge on any atom is 0.338 e. The Morgan fingerprint density at radius 1 is 1.30 bits per heavy atom. The van der Waals surface area contributed by atoms with E-state index in [0.29, 0.717) is 16.8 Å². The third-order valence-electron chi connectivity index (χ3n) is 2.66. The number of halogens is 1. The molecule has 0 aliphatic heterocycles. The lowest BCUT2D eigenvalue weighted by molar-refractivity contribution is 0.0472. The fourth-order valence-corrected chi connectivity index (χ4v) is 1.88. The fourth-order valence-electron chi connectivity index (χ4n) is 1.63. The predicted octanol–water partition coefficient (Wildman–Crippen LogP) is 3.26. The minimum atomic E-state index is -0.452. The molecular weight excluding hydrogens is 320 g/mol. The van der Waals surface area contributed by atoms with Gasteiger partial charge >= 0.3 is 5.97 Å². The molecule has 4 nitrogen and oxygen atoms in total. The normalized spacial score (nSPS) is 9.80. The van der Waals surface area contributed by atoms with E-state index in [1.54, 1.807) is 42.5 Å². The number of carbonyl (C=O) groups is 1. The van der Waals surface area contributed by atoms with Crippen LogP contribution in [0.15, 0.2) is 46.9 Å². The Labute approximate surface area is 124 Å². The van der Waals surface area contributed by atoms with Crippen molar-refractivity contribution in [2.24, 2.45) is 0 Å². The van der Waals surface area contributed by atoms with Gasteiger partial charge in [-0.25, -0.2) is 4.79 Å². The highest BCUT2D eigenvalue weighted by Crippen LogP contribution is 2.20. The van der Waals surface area contributed by atoms with Gasteiger partial charge in [-0.15, -0.1) is 0 Å². The Morgan fingerprint density at radius 2 is 2.10 bits per heavy atom. The topological polar surface area (TPSA) is 76.1 Å². The molecule has 0 bridgehead atoms. The molecule has 2 aromatic rings. The Kier molecular flexibility index (Phi) is 4.38. The van der Waals surface area contributed by atoms with Crippen LogP contribution < -0.4 is 5.73 Å². The zero-order chi connectivity index (χ0) is 14.5. The van der Waals surface area contributed by atoms with Crippen LogP contribution in [0.1, 0.15) is 21.5 Å². The summed E-state index contributed by atoms with van der Waals surface area (Å²) in [6.45, 7) is 0.115. The molecule has 20 heavy (non-hydrogen) atoms. The Morgan fingerprint density at radius 3 is 2.80 bits per heavy atom. The van der Waals surface area contributed by atoms with Gasteiger partial charge < -0.3 is 10.5 Å². The molecule has 2 rings (SSSR count). The molecule has 0 fully saturated rings. The first kappa shape index (κ1) is 14.1. The van der Waals surface area contributed by atoms with Gasteiger partial charge in [-0.05, 0) is 51.8 Å². The first-order chi connectivity index (χ1) is 9.60. The zero-order valence-corrected chi connectivity index (χ0v) is 12.1. The summed E-state index contributed by atoms with van der Waals surface area (Å²) < 4.78 is 5.92. The van der Waals surface area contributed by atoms with Crippen molar-refractivity contribution in [2.45, 2.75) is 6.61 Å². The van der Waals surface area contributed by atoms with Gasteiger partial charge in [0.15, 0.2) is 0 Å². The van der Waals surface area contributed by atoms with Gasteiger partial charge in [-0.3, -0.25) is 0 Å². The van der Waals surface area contributed by atoms with E-state index in [0.717, 1.165) is 10.0 Å². The third kappa shape index (κ3) is 3.37. The summed E-state index contributed by atoms with van der Waals surface area (Å²) in [4.78, 5) is 11.9. The van der Waals surface area contributed by atoms with Crippen molar-refractivity contribution in [1.29, 1.82) is 5.26 Å². The first-order valence-corrected chi connectivity index (χ1v) is 6.60. The van der Waals surface area contributed by atoms with E-state index >= 15 is 0 Å². The Hall–Kier alpha value is -2.32. The van der Waals surface area contributed by atoms with Crippen molar-refractivity contribution in [3.05, 3.63) is 63.6 Å². The third-order valence-corrected chi connectivity index (χ3v) is 3.38.